The zero-order valence-electron chi connectivity index (χ0n) is 21.0. The summed E-state index contributed by atoms with van der Waals surface area (Å²) in [5.41, 5.74) is 4.34. The summed E-state index contributed by atoms with van der Waals surface area (Å²) in [5, 5.41) is 1.02. The maximum Gasteiger partial charge on any atom is 0.219 e. The van der Waals surface area contributed by atoms with Crippen molar-refractivity contribution in [1.29, 1.82) is 0 Å². The molecule has 8 heteroatoms. The van der Waals surface area contributed by atoms with E-state index in [1.54, 1.807) is 24.5 Å². The molecule has 2 aliphatic rings. The first-order chi connectivity index (χ1) is 16.9. The molecule has 0 radical (unpaired) electrons. The number of thiophene rings is 1. The van der Waals surface area contributed by atoms with Gasteiger partial charge in [0.15, 0.2) is 5.78 Å². The molecule has 0 spiro atoms. The second-order valence-electron chi connectivity index (χ2n) is 9.83. The zero-order chi connectivity index (χ0) is 24.5. The number of hydrogen-bond donors (Lipinski definition) is 0. The van der Waals surface area contributed by atoms with Crippen molar-refractivity contribution in [1.82, 2.24) is 9.80 Å². The molecular weight excluding hydrogens is 499 g/mol. The predicted octanol–water partition coefficient (Wildman–Crippen LogP) is 6.36. The Labute approximate surface area is 222 Å². The number of likely N-dealkylation sites (tertiary alicyclic amines) is 1. The average Bonchev–Trinajstić information content (AvgIpc) is 3.44. The van der Waals surface area contributed by atoms with Crippen LogP contribution in [-0.2, 0) is 24.2 Å². The van der Waals surface area contributed by atoms with Gasteiger partial charge in [-0.15, -0.1) is 23.7 Å². The van der Waals surface area contributed by atoms with Crippen LogP contribution >= 0.6 is 23.7 Å². The number of nitrogens with zero attached hydrogens (tertiary/aromatic N) is 2. The van der Waals surface area contributed by atoms with E-state index in [1.165, 1.54) is 33.7 Å². The number of halogens is 2. The van der Waals surface area contributed by atoms with Gasteiger partial charge in [0.1, 0.15) is 11.4 Å². The summed E-state index contributed by atoms with van der Waals surface area (Å²) >= 11 is 1.61. The van der Waals surface area contributed by atoms with E-state index in [0.29, 0.717) is 24.5 Å². The number of benzene rings is 1. The number of carbonyl (C=O) groups is 2. The first kappa shape index (κ1) is 26.8. The maximum absolute atomic E-state index is 13.5. The van der Waals surface area contributed by atoms with Crippen LogP contribution in [0.25, 0.3) is 11.0 Å². The molecular formula is C28H34ClFN2O3S. The smallest absolute Gasteiger partial charge is 0.219 e. The van der Waals surface area contributed by atoms with Crippen molar-refractivity contribution >= 4 is 46.4 Å². The molecule has 0 saturated carbocycles. The SMILES string of the molecule is CCc1c(C(=O)CCCN2CCC(c3coc4cc(F)ccc34)CC2)sc2c1CCN(C(C)=O)C2.Cl. The largest absolute Gasteiger partial charge is 0.464 e. The normalized spacial score (nSPS) is 16.7. The molecule has 2 aromatic heterocycles. The Morgan fingerprint density at radius 2 is 1.97 bits per heavy atom. The second-order valence-corrected chi connectivity index (χ2v) is 10.9. The number of rotatable bonds is 7. The fourth-order valence-corrected chi connectivity index (χ4v) is 7.14. The van der Waals surface area contributed by atoms with Crippen molar-refractivity contribution < 1.29 is 18.4 Å². The van der Waals surface area contributed by atoms with Crippen molar-refractivity contribution in [3.8, 4) is 0 Å². The van der Waals surface area contributed by atoms with Gasteiger partial charge < -0.3 is 14.2 Å². The average molecular weight is 533 g/mol. The molecule has 0 unspecified atom stereocenters. The van der Waals surface area contributed by atoms with Crippen molar-refractivity contribution in [2.75, 3.05) is 26.2 Å². The van der Waals surface area contributed by atoms with Crippen LogP contribution in [0.15, 0.2) is 28.9 Å². The molecule has 1 aromatic carbocycles. The summed E-state index contributed by atoms with van der Waals surface area (Å²) in [6, 6.07) is 4.78. The van der Waals surface area contributed by atoms with Gasteiger partial charge in [-0.1, -0.05) is 6.92 Å². The molecule has 0 bridgehead atoms. The standard InChI is InChI=1S/C28H33FN2O3S.ClH/c1-3-21-23-10-14-31(18(2)32)16-27(23)35-28(21)25(33)5-4-11-30-12-8-19(9-13-30)24-17-34-26-15-20(29)6-7-22(24)26;/h6-7,15,17,19H,3-5,8-14,16H2,1-2H3;1H. The molecule has 5 rings (SSSR count). The number of carbonyl (C=O) groups excluding carboxylic acids is 2. The molecule has 0 aliphatic carbocycles. The Kier molecular flexibility index (Phi) is 8.53. The van der Waals surface area contributed by atoms with E-state index in [9.17, 15) is 14.0 Å². The minimum absolute atomic E-state index is 0. The first-order valence-electron chi connectivity index (χ1n) is 12.8. The van der Waals surface area contributed by atoms with Crippen LogP contribution in [0.1, 0.15) is 76.7 Å². The Balaban J connectivity index is 0.00000304. The van der Waals surface area contributed by atoms with E-state index in [2.05, 4.69) is 11.8 Å². The van der Waals surface area contributed by atoms with Crippen LogP contribution < -0.4 is 0 Å². The molecule has 0 N–H and O–H groups in total. The number of Topliss-reactive ketones (excluding diaryl/α,β-unsaturated/α-hetero) is 1. The minimum atomic E-state index is -0.269. The topological polar surface area (TPSA) is 53.8 Å². The Morgan fingerprint density at radius 1 is 1.19 bits per heavy atom. The van der Waals surface area contributed by atoms with E-state index in [0.717, 1.165) is 68.5 Å². The second kappa shape index (κ2) is 11.4. The third-order valence-corrected chi connectivity index (χ3v) is 8.99. The lowest BCUT2D eigenvalue weighted by molar-refractivity contribution is -0.129. The molecule has 1 amide bonds. The van der Waals surface area contributed by atoms with Gasteiger partial charge >= 0.3 is 0 Å². The van der Waals surface area contributed by atoms with Gasteiger partial charge in [-0.2, -0.15) is 0 Å². The van der Waals surface area contributed by atoms with E-state index in [-0.39, 0.29) is 29.9 Å². The van der Waals surface area contributed by atoms with Crippen molar-refractivity contribution in [3.63, 3.8) is 0 Å². The third-order valence-electron chi connectivity index (χ3n) is 7.69. The lowest BCUT2D eigenvalue weighted by Crippen LogP contribution is -2.33. The van der Waals surface area contributed by atoms with Gasteiger partial charge in [-0.3, -0.25) is 9.59 Å². The Hall–Kier alpha value is -2.22. The molecule has 2 aliphatic heterocycles. The molecule has 194 valence electrons. The lowest BCUT2D eigenvalue weighted by atomic mass is 9.89. The molecule has 4 heterocycles. The van der Waals surface area contributed by atoms with Gasteiger partial charge in [-0.05, 0) is 80.9 Å². The highest BCUT2D eigenvalue weighted by molar-refractivity contribution is 7.14. The number of fused-ring (bicyclic) bond motifs is 2. The van der Waals surface area contributed by atoms with Crippen LogP contribution in [0.4, 0.5) is 4.39 Å². The molecule has 5 nitrogen and oxygen atoms in total. The number of piperidine rings is 1. The summed E-state index contributed by atoms with van der Waals surface area (Å²) in [4.78, 5) is 31.4. The van der Waals surface area contributed by atoms with E-state index in [1.807, 2.05) is 11.0 Å². The summed E-state index contributed by atoms with van der Waals surface area (Å²) in [7, 11) is 0. The highest BCUT2D eigenvalue weighted by atomic mass is 35.5. The lowest BCUT2D eigenvalue weighted by Gasteiger charge is -2.31. The fourth-order valence-electron chi connectivity index (χ4n) is 5.72. The molecule has 1 saturated heterocycles. The number of ketones is 1. The van der Waals surface area contributed by atoms with Gasteiger partial charge in [0, 0.05) is 41.8 Å². The summed E-state index contributed by atoms with van der Waals surface area (Å²) in [6.07, 6.45) is 7.05. The monoisotopic (exact) mass is 532 g/mol. The summed E-state index contributed by atoms with van der Waals surface area (Å²) < 4.78 is 19.1. The van der Waals surface area contributed by atoms with E-state index < -0.39 is 0 Å². The number of amides is 1. The molecule has 0 atom stereocenters. The highest BCUT2D eigenvalue weighted by Crippen LogP contribution is 2.36. The number of furan rings is 1. The molecule has 3 aromatic rings. The minimum Gasteiger partial charge on any atom is -0.464 e. The Morgan fingerprint density at radius 3 is 2.69 bits per heavy atom. The quantitative estimate of drug-likeness (QED) is 0.332. The molecule has 36 heavy (non-hydrogen) atoms. The number of hydrogen-bond acceptors (Lipinski definition) is 5. The van der Waals surface area contributed by atoms with Crippen molar-refractivity contribution in [2.24, 2.45) is 0 Å². The van der Waals surface area contributed by atoms with E-state index >= 15 is 0 Å². The van der Waals surface area contributed by atoms with Crippen molar-refractivity contribution in [3.05, 3.63) is 56.7 Å². The predicted molar refractivity (Wildman–Crippen MR) is 144 cm³/mol. The maximum atomic E-state index is 13.5. The van der Waals surface area contributed by atoms with Crippen molar-refractivity contribution in [2.45, 2.75) is 64.8 Å². The van der Waals surface area contributed by atoms with Crippen LogP contribution in [0.2, 0.25) is 0 Å². The van der Waals surface area contributed by atoms with Crippen LogP contribution in [0.3, 0.4) is 0 Å². The summed E-state index contributed by atoms with van der Waals surface area (Å²) in [5.74, 6) is 0.518. The third kappa shape index (κ3) is 5.38. The van der Waals surface area contributed by atoms with Gasteiger partial charge in [0.05, 0.1) is 17.7 Å². The Bertz CT molecular complexity index is 1250. The zero-order valence-corrected chi connectivity index (χ0v) is 22.6. The van der Waals surface area contributed by atoms with Gasteiger partial charge in [0.25, 0.3) is 0 Å². The van der Waals surface area contributed by atoms with Crippen LogP contribution in [0, 0.1) is 5.82 Å². The van der Waals surface area contributed by atoms with Crippen LogP contribution in [0.5, 0.6) is 0 Å². The van der Waals surface area contributed by atoms with Crippen LogP contribution in [-0.4, -0.2) is 47.7 Å². The van der Waals surface area contributed by atoms with Gasteiger partial charge in [-0.25, -0.2) is 4.39 Å². The fraction of sp³-hybridized carbons (Fsp3) is 0.500. The van der Waals surface area contributed by atoms with E-state index in [4.69, 9.17) is 4.42 Å². The molecule has 1 fully saturated rings. The summed E-state index contributed by atoms with van der Waals surface area (Å²) in [6.45, 7) is 8.07. The first-order valence-corrected chi connectivity index (χ1v) is 13.6. The highest BCUT2D eigenvalue weighted by Gasteiger charge is 2.27. The van der Waals surface area contributed by atoms with Gasteiger partial charge in [0.2, 0.25) is 5.91 Å².